The normalized spacial score (nSPS) is 12.8. The molecule has 0 fully saturated rings. The number of aliphatic carboxylic acids is 1. The molecule has 29 heavy (non-hydrogen) atoms. The number of carboxylic acid groups (broad SMARTS) is 1. The Balaban J connectivity index is 1.74. The van der Waals surface area contributed by atoms with E-state index in [4.69, 9.17) is 5.11 Å². The molecule has 1 aliphatic heterocycles. The minimum atomic E-state index is -0.937. The van der Waals surface area contributed by atoms with Crippen LogP contribution in [-0.4, -0.2) is 51.7 Å². The Morgan fingerprint density at radius 1 is 1.00 bits per heavy atom. The molecule has 1 N–H and O–H groups in total. The molecule has 2 aromatic rings. The molecule has 1 heterocycles. The summed E-state index contributed by atoms with van der Waals surface area (Å²) in [5, 5.41) is 8.88. The van der Waals surface area contributed by atoms with Crippen molar-refractivity contribution < 1.29 is 24.3 Å². The maximum Gasteiger partial charge on any atom is 0.303 e. The number of fused-ring (bicyclic) bond motifs is 1. The third-order valence-electron chi connectivity index (χ3n) is 4.81. The van der Waals surface area contributed by atoms with E-state index in [9.17, 15) is 19.2 Å². The fourth-order valence-corrected chi connectivity index (χ4v) is 3.30. The van der Waals surface area contributed by atoms with Crippen LogP contribution >= 0.6 is 0 Å². The van der Waals surface area contributed by atoms with Gasteiger partial charge in [-0.1, -0.05) is 42.0 Å². The number of imide groups is 1. The number of carbonyl (C=O) groups excluding carboxylic acids is 3. The highest BCUT2D eigenvalue weighted by Gasteiger charge is 2.37. The summed E-state index contributed by atoms with van der Waals surface area (Å²) in [7, 11) is 0. The monoisotopic (exact) mass is 394 g/mol. The molecule has 2 aromatic carbocycles. The summed E-state index contributed by atoms with van der Waals surface area (Å²) in [5.74, 6) is -2.30. The van der Waals surface area contributed by atoms with E-state index in [-0.39, 0.29) is 32.5 Å². The summed E-state index contributed by atoms with van der Waals surface area (Å²) in [6.45, 7) is 1.96. The quantitative estimate of drug-likeness (QED) is 0.694. The summed E-state index contributed by atoms with van der Waals surface area (Å²) in [5.41, 5.74) is 2.35. The van der Waals surface area contributed by atoms with E-state index >= 15 is 0 Å². The van der Waals surface area contributed by atoms with Gasteiger partial charge in [0, 0.05) is 19.5 Å². The molecule has 0 aromatic heterocycles. The molecule has 0 unspecified atom stereocenters. The number of benzene rings is 2. The molecular weight excluding hydrogens is 372 g/mol. The SMILES string of the molecule is Cc1ccc2c(c1)C(=O)N(CC(=O)N(CCCC(=O)O)Cc1ccccc1)C2=O. The van der Waals surface area contributed by atoms with Crippen molar-refractivity contribution in [2.75, 3.05) is 13.1 Å². The van der Waals surface area contributed by atoms with Crippen LogP contribution in [0.3, 0.4) is 0 Å². The van der Waals surface area contributed by atoms with Crippen molar-refractivity contribution in [2.24, 2.45) is 0 Å². The zero-order valence-corrected chi connectivity index (χ0v) is 16.1. The van der Waals surface area contributed by atoms with Crippen LogP contribution in [0.2, 0.25) is 0 Å². The van der Waals surface area contributed by atoms with Gasteiger partial charge in [-0.3, -0.25) is 24.1 Å². The second-order valence-corrected chi connectivity index (χ2v) is 7.04. The standard InChI is InChI=1S/C22H22N2O5/c1-15-9-10-17-18(12-15)22(29)24(21(17)28)14-19(25)23(11-5-8-20(26)27)13-16-6-3-2-4-7-16/h2-4,6-7,9-10,12H,5,8,11,13-14H2,1H3,(H,26,27). The second kappa shape index (κ2) is 8.68. The number of hydrogen-bond acceptors (Lipinski definition) is 4. The predicted octanol–water partition coefficient (Wildman–Crippen LogP) is 2.48. The van der Waals surface area contributed by atoms with E-state index in [1.165, 1.54) is 4.90 Å². The van der Waals surface area contributed by atoms with Gasteiger partial charge < -0.3 is 10.0 Å². The van der Waals surface area contributed by atoms with Gasteiger partial charge in [0.25, 0.3) is 11.8 Å². The number of nitrogens with zero attached hydrogens (tertiary/aromatic N) is 2. The maximum atomic E-state index is 12.9. The maximum absolute atomic E-state index is 12.9. The van der Waals surface area contributed by atoms with E-state index in [0.29, 0.717) is 11.1 Å². The van der Waals surface area contributed by atoms with Crippen LogP contribution in [0.4, 0.5) is 0 Å². The molecule has 7 nitrogen and oxygen atoms in total. The van der Waals surface area contributed by atoms with Crippen LogP contribution in [0, 0.1) is 6.92 Å². The van der Waals surface area contributed by atoms with Crippen molar-refractivity contribution >= 4 is 23.7 Å². The van der Waals surface area contributed by atoms with Gasteiger partial charge in [0.1, 0.15) is 6.54 Å². The van der Waals surface area contributed by atoms with Gasteiger partial charge in [0.2, 0.25) is 5.91 Å². The molecule has 0 saturated carbocycles. The summed E-state index contributed by atoms with van der Waals surface area (Å²) >= 11 is 0. The molecule has 0 atom stereocenters. The second-order valence-electron chi connectivity index (χ2n) is 7.04. The Labute approximate surface area is 168 Å². The van der Waals surface area contributed by atoms with E-state index < -0.39 is 23.7 Å². The van der Waals surface area contributed by atoms with Gasteiger partial charge in [-0.15, -0.1) is 0 Å². The highest BCUT2D eigenvalue weighted by atomic mass is 16.4. The van der Waals surface area contributed by atoms with Crippen LogP contribution in [0.1, 0.15) is 44.7 Å². The summed E-state index contributed by atoms with van der Waals surface area (Å²) in [6.07, 6.45) is 0.222. The number of rotatable bonds is 8. The molecular formula is C22H22N2O5. The highest BCUT2D eigenvalue weighted by Crippen LogP contribution is 2.24. The Morgan fingerprint density at radius 3 is 2.38 bits per heavy atom. The lowest BCUT2D eigenvalue weighted by Gasteiger charge is -2.25. The molecule has 3 rings (SSSR count). The van der Waals surface area contributed by atoms with Gasteiger partial charge in [0.15, 0.2) is 0 Å². The van der Waals surface area contributed by atoms with Crippen molar-refractivity contribution in [3.05, 3.63) is 70.8 Å². The molecule has 1 aliphatic rings. The first-order chi connectivity index (χ1) is 13.9. The van der Waals surface area contributed by atoms with Crippen molar-refractivity contribution in [3.63, 3.8) is 0 Å². The first-order valence-corrected chi connectivity index (χ1v) is 9.37. The van der Waals surface area contributed by atoms with Crippen molar-refractivity contribution in [3.8, 4) is 0 Å². The average molecular weight is 394 g/mol. The van der Waals surface area contributed by atoms with Crippen LogP contribution in [0.5, 0.6) is 0 Å². The smallest absolute Gasteiger partial charge is 0.303 e. The molecule has 0 radical (unpaired) electrons. The Kier molecular flexibility index (Phi) is 6.07. The minimum absolute atomic E-state index is 0.0646. The first-order valence-electron chi connectivity index (χ1n) is 9.37. The van der Waals surface area contributed by atoms with Crippen molar-refractivity contribution in [1.82, 2.24) is 9.80 Å². The number of amides is 3. The van der Waals surface area contributed by atoms with Gasteiger partial charge in [0.05, 0.1) is 11.1 Å². The summed E-state index contributed by atoms with van der Waals surface area (Å²) < 4.78 is 0. The molecule has 150 valence electrons. The van der Waals surface area contributed by atoms with Crippen LogP contribution < -0.4 is 0 Å². The molecule has 0 spiro atoms. The number of carboxylic acids is 1. The summed E-state index contributed by atoms with van der Waals surface area (Å²) in [4.78, 5) is 51.4. The van der Waals surface area contributed by atoms with Gasteiger partial charge >= 0.3 is 5.97 Å². The first kappa shape index (κ1) is 20.3. The zero-order chi connectivity index (χ0) is 21.0. The molecule has 0 bridgehead atoms. The van der Waals surface area contributed by atoms with Crippen molar-refractivity contribution in [2.45, 2.75) is 26.3 Å². The fourth-order valence-electron chi connectivity index (χ4n) is 3.30. The minimum Gasteiger partial charge on any atom is -0.481 e. The molecule has 0 saturated heterocycles. The zero-order valence-electron chi connectivity index (χ0n) is 16.1. The van der Waals surface area contributed by atoms with E-state index in [1.54, 1.807) is 18.2 Å². The number of aryl methyl sites for hydroxylation is 1. The lowest BCUT2D eigenvalue weighted by atomic mass is 10.1. The Bertz CT molecular complexity index is 955. The lowest BCUT2D eigenvalue weighted by molar-refractivity contribution is -0.138. The van der Waals surface area contributed by atoms with E-state index in [2.05, 4.69) is 0 Å². The lowest BCUT2D eigenvalue weighted by Crippen LogP contribution is -2.42. The largest absolute Gasteiger partial charge is 0.481 e. The topological polar surface area (TPSA) is 95.0 Å². The molecule has 7 heteroatoms. The third kappa shape index (κ3) is 4.68. The number of carbonyl (C=O) groups is 4. The van der Waals surface area contributed by atoms with Gasteiger partial charge in [-0.2, -0.15) is 0 Å². The molecule has 0 aliphatic carbocycles. The van der Waals surface area contributed by atoms with Crippen LogP contribution in [-0.2, 0) is 16.1 Å². The van der Waals surface area contributed by atoms with Gasteiger partial charge in [-0.25, -0.2) is 0 Å². The highest BCUT2D eigenvalue weighted by molar-refractivity contribution is 6.22. The van der Waals surface area contributed by atoms with E-state index in [1.807, 2.05) is 37.3 Å². The van der Waals surface area contributed by atoms with Crippen LogP contribution in [0.15, 0.2) is 48.5 Å². The van der Waals surface area contributed by atoms with Crippen molar-refractivity contribution in [1.29, 1.82) is 0 Å². The average Bonchev–Trinajstić information content (AvgIpc) is 2.92. The molecule has 3 amide bonds. The fraction of sp³-hybridized carbons (Fsp3) is 0.273. The van der Waals surface area contributed by atoms with Gasteiger partial charge in [-0.05, 0) is 31.0 Å². The van der Waals surface area contributed by atoms with E-state index in [0.717, 1.165) is 16.0 Å². The third-order valence-corrected chi connectivity index (χ3v) is 4.81. The summed E-state index contributed by atoms with van der Waals surface area (Å²) in [6, 6.07) is 14.3. The number of hydrogen-bond donors (Lipinski definition) is 1. The predicted molar refractivity (Wildman–Crippen MR) is 105 cm³/mol. The Hall–Kier alpha value is -3.48. The Morgan fingerprint density at radius 2 is 1.69 bits per heavy atom. The van der Waals surface area contributed by atoms with Crippen LogP contribution in [0.25, 0.3) is 0 Å².